The summed E-state index contributed by atoms with van der Waals surface area (Å²) in [6.07, 6.45) is 0.514. The standard InChI is InChI=1S/C13H18N2O3/c1-2-14-9-12(16)15-8-7-10-5-3-4-6-11(10)13(17)18/h3-6,14H,2,7-9H2,1H3,(H,15,16)(H,17,18). The minimum absolute atomic E-state index is 0.0790. The van der Waals surface area contributed by atoms with Crippen molar-refractivity contribution in [1.82, 2.24) is 10.6 Å². The normalized spacial score (nSPS) is 10.1. The number of benzene rings is 1. The summed E-state index contributed by atoms with van der Waals surface area (Å²) < 4.78 is 0. The van der Waals surface area contributed by atoms with Crippen molar-refractivity contribution in [2.75, 3.05) is 19.6 Å². The van der Waals surface area contributed by atoms with Crippen molar-refractivity contribution in [2.45, 2.75) is 13.3 Å². The van der Waals surface area contributed by atoms with Crippen LogP contribution in [0.15, 0.2) is 24.3 Å². The van der Waals surface area contributed by atoms with Crippen molar-refractivity contribution in [3.63, 3.8) is 0 Å². The van der Waals surface area contributed by atoms with Gasteiger partial charge in [0, 0.05) is 6.54 Å². The second-order valence-electron chi connectivity index (χ2n) is 3.84. The highest BCUT2D eigenvalue weighted by molar-refractivity contribution is 5.89. The lowest BCUT2D eigenvalue weighted by molar-refractivity contribution is -0.120. The minimum atomic E-state index is -0.940. The van der Waals surface area contributed by atoms with Gasteiger partial charge in [-0.2, -0.15) is 0 Å². The van der Waals surface area contributed by atoms with E-state index in [0.717, 1.165) is 12.1 Å². The second kappa shape index (κ2) is 7.45. The average Bonchev–Trinajstić information content (AvgIpc) is 2.36. The summed E-state index contributed by atoms with van der Waals surface area (Å²) in [4.78, 5) is 22.3. The maximum Gasteiger partial charge on any atom is 0.335 e. The Hall–Kier alpha value is -1.88. The van der Waals surface area contributed by atoms with Gasteiger partial charge < -0.3 is 15.7 Å². The number of hydrogen-bond donors (Lipinski definition) is 3. The van der Waals surface area contributed by atoms with Crippen molar-refractivity contribution in [2.24, 2.45) is 0 Å². The summed E-state index contributed by atoms with van der Waals surface area (Å²) in [7, 11) is 0. The zero-order chi connectivity index (χ0) is 13.4. The van der Waals surface area contributed by atoms with Crippen LogP contribution in [0.5, 0.6) is 0 Å². The lowest BCUT2D eigenvalue weighted by Crippen LogP contribution is -2.34. The van der Waals surface area contributed by atoms with E-state index in [0.29, 0.717) is 18.5 Å². The fourth-order valence-corrected chi connectivity index (χ4v) is 1.58. The number of likely N-dealkylation sites (N-methyl/N-ethyl adjacent to an activating group) is 1. The first kappa shape index (κ1) is 14.2. The Morgan fingerprint density at radius 3 is 2.67 bits per heavy atom. The van der Waals surface area contributed by atoms with Crippen LogP contribution in [0.25, 0.3) is 0 Å². The van der Waals surface area contributed by atoms with Gasteiger partial charge in [0.05, 0.1) is 12.1 Å². The molecule has 0 aliphatic heterocycles. The van der Waals surface area contributed by atoms with Crippen LogP contribution in [0, 0.1) is 0 Å². The average molecular weight is 250 g/mol. The zero-order valence-electron chi connectivity index (χ0n) is 10.4. The Bertz CT molecular complexity index is 418. The monoisotopic (exact) mass is 250 g/mol. The number of carboxylic acids is 1. The fourth-order valence-electron chi connectivity index (χ4n) is 1.58. The molecule has 0 aliphatic carbocycles. The molecule has 1 aromatic rings. The highest BCUT2D eigenvalue weighted by atomic mass is 16.4. The number of hydrogen-bond acceptors (Lipinski definition) is 3. The van der Waals surface area contributed by atoms with E-state index in [1.807, 2.05) is 6.92 Å². The first-order valence-electron chi connectivity index (χ1n) is 5.93. The topological polar surface area (TPSA) is 78.4 Å². The van der Waals surface area contributed by atoms with Crippen LogP contribution in [0.3, 0.4) is 0 Å². The number of carbonyl (C=O) groups is 2. The number of rotatable bonds is 7. The van der Waals surface area contributed by atoms with E-state index in [9.17, 15) is 9.59 Å². The molecule has 0 unspecified atom stereocenters. The summed E-state index contributed by atoms with van der Waals surface area (Å²) in [6, 6.07) is 6.82. The van der Waals surface area contributed by atoms with E-state index in [2.05, 4.69) is 10.6 Å². The van der Waals surface area contributed by atoms with Crippen molar-refractivity contribution in [3.05, 3.63) is 35.4 Å². The minimum Gasteiger partial charge on any atom is -0.478 e. The molecule has 18 heavy (non-hydrogen) atoms. The summed E-state index contributed by atoms with van der Waals surface area (Å²) in [5, 5.41) is 14.7. The molecular formula is C13H18N2O3. The summed E-state index contributed by atoms with van der Waals surface area (Å²) in [5.41, 5.74) is 1.02. The number of carbonyl (C=O) groups excluding carboxylic acids is 1. The Morgan fingerprint density at radius 2 is 2.00 bits per heavy atom. The molecule has 0 saturated heterocycles. The summed E-state index contributed by atoms with van der Waals surface area (Å²) >= 11 is 0. The van der Waals surface area contributed by atoms with Crippen molar-refractivity contribution < 1.29 is 14.7 Å². The third kappa shape index (κ3) is 4.55. The summed E-state index contributed by atoms with van der Waals surface area (Å²) in [5.74, 6) is -1.02. The van der Waals surface area contributed by atoms with Crippen LogP contribution in [-0.2, 0) is 11.2 Å². The first-order chi connectivity index (χ1) is 8.65. The SMILES string of the molecule is CCNCC(=O)NCCc1ccccc1C(=O)O. The number of nitrogens with one attached hydrogen (secondary N) is 2. The smallest absolute Gasteiger partial charge is 0.335 e. The molecule has 0 fully saturated rings. The molecule has 0 atom stereocenters. The van der Waals surface area contributed by atoms with Gasteiger partial charge in [-0.05, 0) is 24.6 Å². The predicted octanol–water partition coefficient (Wildman–Crippen LogP) is 0.653. The number of amides is 1. The quantitative estimate of drug-likeness (QED) is 0.664. The van der Waals surface area contributed by atoms with Crippen LogP contribution in [0.1, 0.15) is 22.8 Å². The van der Waals surface area contributed by atoms with Crippen LogP contribution >= 0.6 is 0 Å². The molecule has 0 spiro atoms. The Labute approximate surface area is 106 Å². The van der Waals surface area contributed by atoms with E-state index in [1.54, 1.807) is 24.3 Å². The van der Waals surface area contributed by atoms with Crippen LogP contribution in [0.4, 0.5) is 0 Å². The molecule has 0 radical (unpaired) electrons. The highest BCUT2D eigenvalue weighted by Gasteiger charge is 2.08. The van der Waals surface area contributed by atoms with Gasteiger partial charge >= 0.3 is 5.97 Å². The summed E-state index contributed by atoms with van der Waals surface area (Å²) in [6.45, 7) is 3.40. The van der Waals surface area contributed by atoms with Gasteiger partial charge in [-0.1, -0.05) is 25.1 Å². The molecule has 1 aromatic carbocycles. The Morgan fingerprint density at radius 1 is 1.28 bits per heavy atom. The van der Waals surface area contributed by atoms with Gasteiger partial charge in [-0.25, -0.2) is 4.79 Å². The van der Waals surface area contributed by atoms with Gasteiger partial charge in [-0.15, -0.1) is 0 Å². The number of aromatic carboxylic acids is 1. The third-order valence-electron chi connectivity index (χ3n) is 2.50. The predicted molar refractivity (Wildman–Crippen MR) is 68.7 cm³/mol. The van der Waals surface area contributed by atoms with Gasteiger partial charge in [0.1, 0.15) is 0 Å². The van der Waals surface area contributed by atoms with Crippen LogP contribution < -0.4 is 10.6 Å². The van der Waals surface area contributed by atoms with Crippen molar-refractivity contribution in [3.8, 4) is 0 Å². The maximum atomic E-state index is 11.3. The molecule has 0 aromatic heterocycles. The van der Waals surface area contributed by atoms with Crippen LogP contribution in [-0.4, -0.2) is 36.6 Å². The van der Waals surface area contributed by atoms with E-state index in [1.165, 1.54) is 0 Å². The molecular weight excluding hydrogens is 232 g/mol. The Kier molecular flexibility index (Phi) is 5.87. The van der Waals surface area contributed by atoms with E-state index in [4.69, 9.17) is 5.11 Å². The fraction of sp³-hybridized carbons (Fsp3) is 0.385. The van der Waals surface area contributed by atoms with Crippen molar-refractivity contribution in [1.29, 1.82) is 0 Å². The van der Waals surface area contributed by atoms with Gasteiger partial charge in [0.25, 0.3) is 0 Å². The molecule has 1 rings (SSSR count). The largest absolute Gasteiger partial charge is 0.478 e. The molecule has 98 valence electrons. The molecule has 0 heterocycles. The van der Waals surface area contributed by atoms with Crippen molar-refractivity contribution >= 4 is 11.9 Å². The first-order valence-corrected chi connectivity index (χ1v) is 5.93. The number of carboxylic acid groups (broad SMARTS) is 1. The Balaban J connectivity index is 2.44. The third-order valence-corrected chi connectivity index (χ3v) is 2.50. The van der Waals surface area contributed by atoms with Gasteiger partial charge in [-0.3, -0.25) is 4.79 Å². The molecule has 3 N–H and O–H groups in total. The van der Waals surface area contributed by atoms with Gasteiger partial charge in [0.2, 0.25) is 5.91 Å². The molecule has 5 nitrogen and oxygen atoms in total. The van der Waals surface area contributed by atoms with E-state index in [-0.39, 0.29) is 12.5 Å². The highest BCUT2D eigenvalue weighted by Crippen LogP contribution is 2.08. The van der Waals surface area contributed by atoms with Gasteiger partial charge in [0.15, 0.2) is 0 Å². The molecule has 5 heteroatoms. The molecule has 0 aliphatic rings. The van der Waals surface area contributed by atoms with Crippen LogP contribution in [0.2, 0.25) is 0 Å². The molecule has 0 bridgehead atoms. The second-order valence-corrected chi connectivity index (χ2v) is 3.84. The lowest BCUT2D eigenvalue weighted by Gasteiger charge is -2.07. The molecule has 1 amide bonds. The maximum absolute atomic E-state index is 11.3. The lowest BCUT2D eigenvalue weighted by atomic mass is 10.0. The van der Waals surface area contributed by atoms with E-state index < -0.39 is 5.97 Å². The van der Waals surface area contributed by atoms with E-state index >= 15 is 0 Å². The molecule has 0 saturated carbocycles. The zero-order valence-corrected chi connectivity index (χ0v) is 10.4.